The quantitative estimate of drug-likeness (QED) is 0.601. The van der Waals surface area contributed by atoms with Gasteiger partial charge in [0.25, 0.3) is 5.91 Å². The summed E-state index contributed by atoms with van der Waals surface area (Å²) in [6.45, 7) is 5.04. The van der Waals surface area contributed by atoms with Crippen molar-refractivity contribution in [2.24, 2.45) is 5.73 Å². The zero-order valence-corrected chi connectivity index (χ0v) is 17.4. The van der Waals surface area contributed by atoms with Gasteiger partial charge in [-0.2, -0.15) is 0 Å². The largest absolute Gasteiger partial charge is 0.493 e. The van der Waals surface area contributed by atoms with E-state index in [4.69, 9.17) is 20.3 Å². The van der Waals surface area contributed by atoms with E-state index in [1.807, 2.05) is 38.1 Å². The molecule has 0 saturated heterocycles. The third-order valence-corrected chi connectivity index (χ3v) is 5.40. The lowest BCUT2D eigenvalue weighted by molar-refractivity contribution is -0.138. The first-order valence-electron chi connectivity index (χ1n) is 10.2. The van der Waals surface area contributed by atoms with Crippen LogP contribution in [0.15, 0.2) is 48.5 Å². The van der Waals surface area contributed by atoms with Crippen LogP contribution in [0.25, 0.3) is 10.8 Å². The molecule has 1 aliphatic rings. The Kier molecular flexibility index (Phi) is 5.52. The number of amides is 1. The molecule has 1 atom stereocenters. The lowest BCUT2D eigenvalue weighted by Crippen LogP contribution is -2.24. The van der Waals surface area contributed by atoms with Crippen LogP contribution in [0.5, 0.6) is 11.5 Å². The van der Waals surface area contributed by atoms with Crippen LogP contribution in [-0.2, 0) is 11.3 Å². The van der Waals surface area contributed by atoms with Crippen LogP contribution in [0.4, 0.5) is 5.69 Å². The molecule has 1 aliphatic heterocycles. The van der Waals surface area contributed by atoms with Gasteiger partial charge in [-0.25, -0.2) is 0 Å². The molecule has 1 unspecified atom stereocenters. The molecule has 7 nitrogen and oxygen atoms in total. The smallest absolute Gasteiger partial charge is 0.325 e. The summed E-state index contributed by atoms with van der Waals surface area (Å²) >= 11 is 0. The molecule has 7 heteroatoms. The molecule has 31 heavy (non-hydrogen) atoms. The van der Waals surface area contributed by atoms with Crippen molar-refractivity contribution < 1.29 is 24.2 Å². The van der Waals surface area contributed by atoms with Gasteiger partial charge in [-0.3, -0.25) is 9.59 Å². The highest BCUT2D eigenvalue weighted by Gasteiger charge is 2.36. The highest BCUT2D eigenvalue weighted by molar-refractivity contribution is 6.16. The Bertz CT molecular complexity index is 1160. The first kappa shape index (κ1) is 20.7. The number of carboxylic acid groups (broad SMARTS) is 1. The maximum absolute atomic E-state index is 13.5. The minimum absolute atomic E-state index is 0.180. The second kappa shape index (κ2) is 8.28. The van der Waals surface area contributed by atoms with Gasteiger partial charge in [0.05, 0.1) is 25.3 Å². The molecule has 4 rings (SSSR count). The SMILES string of the molecule is CCOc1c2c(c(OCC)c3ccccc13)C(=O)N(c1ccc(C(N)C(=O)O)cc1)C2. The Balaban J connectivity index is 1.82. The molecule has 0 radical (unpaired) electrons. The van der Waals surface area contributed by atoms with Gasteiger partial charge in [0.2, 0.25) is 0 Å². The standard InChI is InChI=1S/C24H24N2O5/c1-3-30-21-16-7-5-6-8-17(16)22(31-4-2)19-18(21)13-26(23(19)27)15-11-9-14(10-12-15)20(25)24(28)29/h5-12,20H,3-4,13,25H2,1-2H3,(H,28,29). The Hall–Kier alpha value is -3.58. The minimum Gasteiger partial charge on any atom is -0.493 e. The van der Waals surface area contributed by atoms with Crippen LogP contribution >= 0.6 is 0 Å². The number of carbonyl (C=O) groups is 2. The fourth-order valence-corrected chi connectivity index (χ4v) is 3.99. The van der Waals surface area contributed by atoms with Gasteiger partial charge < -0.3 is 25.2 Å². The van der Waals surface area contributed by atoms with Crippen LogP contribution in [0, 0.1) is 0 Å². The lowest BCUT2D eigenvalue weighted by Gasteiger charge is -2.17. The van der Waals surface area contributed by atoms with Gasteiger partial charge in [0, 0.05) is 22.0 Å². The van der Waals surface area contributed by atoms with E-state index in [9.17, 15) is 9.59 Å². The maximum atomic E-state index is 13.5. The number of hydrogen-bond acceptors (Lipinski definition) is 5. The summed E-state index contributed by atoms with van der Waals surface area (Å²) in [5.74, 6) is -0.0299. The van der Waals surface area contributed by atoms with E-state index < -0.39 is 12.0 Å². The number of nitrogens with two attached hydrogens (primary N) is 1. The fourth-order valence-electron chi connectivity index (χ4n) is 3.99. The lowest BCUT2D eigenvalue weighted by atomic mass is 9.99. The topological polar surface area (TPSA) is 102 Å². The molecule has 0 aromatic heterocycles. The van der Waals surface area contributed by atoms with Gasteiger partial charge >= 0.3 is 5.97 Å². The molecule has 3 aromatic rings. The predicted molar refractivity (Wildman–Crippen MR) is 118 cm³/mol. The summed E-state index contributed by atoms with van der Waals surface area (Å²) in [7, 11) is 0. The van der Waals surface area contributed by atoms with Crippen LogP contribution in [0.3, 0.4) is 0 Å². The number of hydrogen-bond donors (Lipinski definition) is 2. The number of fused-ring (bicyclic) bond motifs is 2. The molecule has 160 valence electrons. The molecule has 0 spiro atoms. The first-order valence-corrected chi connectivity index (χ1v) is 10.2. The summed E-state index contributed by atoms with van der Waals surface area (Å²) in [5.41, 5.74) is 8.11. The van der Waals surface area contributed by atoms with Crippen LogP contribution in [0.2, 0.25) is 0 Å². The van der Waals surface area contributed by atoms with E-state index in [2.05, 4.69) is 0 Å². The fraction of sp³-hybridized carbons (Fsp3) is 0.250. The number of rotatable bonds is 7. The number of ether oxygens (including phenoxy) is 2. The Morgan fingerprint density at radius 3 is 2.19 bits per heavy atom. The third kappa shape index (κ3) is 3.47. The molecule has 3 aromatic carbocycles. The van der Waals surface area contributed by atoms with E-state index in [1.165, 1.54) is 0 Å². The summed E-state index contributed by atoms with van der Waals surface area (Å²) in [5, 5.41) is 10.9. The Morgan fingerprint density at radius 2 is 1.61 bits per heavy atom. The first-order chi connectivity index (χ1) is 15.0. The van der Waals surface area contributed by atoms with Crippen molar-refractivity contribution in [3.63, 3.8) is 0 Å². The maximum Gasteiger partial charge on any atom is 0.325 e. The molecule has 0 saturated carbocycles. The zero-order valence-electron chi connectivity index (χ0n) is 17.4. The predicted octanol–water partition coefficient (Wildman–Crippen LogP) is 3.88. The van der Waals surface area contributed by atoms with E-state index >= 15 is 0 Å². The molecule has 1 heterocycles. The number of nitrogens with zero attached hydrogens (tertiary/aromatic N) is 1. The van der Waals surface area contributed by atoms with Gasteiger partial charge in [-0.05, 0) is 31.5 Å². The second-order valence-corrected chi connectivity index (χ2v) is 7.22. The van der Waals surface area contributed by atoms with Crippen molar-refractivity contribution in [1.29, 1.82) is 0 Å². The molecule has 0 fully saturated rings. The van der Waals surface area contributed by atoms with Gasteiger partial charge in [0.1, 0.15) is 17.5 Å². The van der Waals surface area contributed by atoms with E-state index in [-0.39, 0.29) is 5.91 Å². The van der Waals surface area contributed by atoms with E-state index in [1.54, 1.807) is 29.2 Å². The van der Waals surface area contributed by atoms with Crippen molar-refractivity contribution in [2.75, 3.05) is 18.1 Å². The average Bonchev–Trinajstić information content (AvgIpc) is 3.12. The highest BCUT2D eigenvalue weighted by Crippen LogP contribution is 2.46. The Labute approximate surface area is 180 Å². The Morgan fingerprint density at radius 1 is 1.03 bits per heavy atom. The van der Waals surface area contributed by atoms with Gasteiger partial charge in [-0.15, -0.1) is 0 Å². The monoisotopic (exact) mass is 420 g/mol. The van der Waals surface area contributed by atoms with Crippen LogP contribution < -0.4 is 20.1 Å². The normalized spacial score (nSPS) is 13.9. The number of benzene rings is 3. The summed E-state index contributed by atoms with van der Waals surface area (Å²) in [6.07, 6.45) is 0. The summed E-state index contributed by atoms with van der Waals surface area (Å²) in [4.78, 5) is 26.3. The number of carboxylic acids is 1. The average molecular weight is 420 g/mol. The summed E-state index contributed by atoms with van der Waals surface area (Å²) < 4.78 is 11.9. The van der Waals surface area contributed by atoms with Crippen molar-refractivity contribution >= 4 is 28.3 Å². The molecular weight excluding hydrogens is 396 g/mol. The molecule has 3 N–H and O–H groups in total. The van der Waals surface area contributed by atoms with E-state index in [0.717, 1.165) is 16.3 Å². The minimum atomic E-state index is -1.11. The molecule has 0 aliphatic carbocycles. The van der Waals surface area contributed by atoms with Gasteiger partial charge in [-0.1, -0.05) is 36.4 Å². The number of anilines is 1. The van der Waals surface area contributed by atoms with Crippen molar-refractivity contribution in [2.45, 2.75) is 26.4 Å². The van der Waals surface area contributed by atoms with Crippen molar-refractivity contribution in [3.8, 4) is 11.5 Å². The van der Waals surface area contributed by atoms with Crippen molar-refractivity contribution in [3.05, 3.63) is 65.2 Å². The highest BCUT2D eigenvalue weighted by atomic mass is 16.5. The van der Waals surface area contributed by atoms with Gasteiger partial charge in [0.15, 0.2) is 0 Å². The van der Waals surface area contributed by atoms with Crippen molar-refractivity contribution in [1.82, 2.24) is 0 Å². The number of aliphatic carboxylic acids is 1. The van der Waals surface area contributed by atoms with E-state index in [0.29, 0.717) is 48.1 Å². The number of carbonyl (C=O) groups excluding carboxylic acids is 1. The molecule has 0 bridgehead atoms. The molecular formula is C24H24N2O5. The van der Waals surface area contributed by atoms with Crippen LogP contribution in [0.1, 0.15) is 41.4 Å². The van der Waals surface area contributed by atoms with Crippen LogP contribution in [-0.4, -0.2) is 30.2 Å². The zero-order chi connectivity index (χ0) is 22.1. The summed E-state index contributed by atoms with van der Waals surface area (Å²) in [6, 6.07) is 13.3. The molecule has 1 amide bonds. The second-order valence-electron chi connectivity index (χ2n) is 7.22. The third-order valence-electron chi connectivity index (χ3n) is 5.40.